The van der Waals surface area contributed by atoms with E-state index in [1.807, 2.05) is 4.57 Å². The molecule has 1 saturated carbocycles. The highest BCUT2D eigenvalue weighted by molar-refractivity contribution is 7.12. The third-order valence-corrected chi connectivity index (χ3v) is 6.36. The molecule has 0 amide bonds. The molecule has 8 heteroatoms. The molecule has 1 fully saturated rings. The van der Waals surface area contributed by atoms with Gasteiger partial charge in [-0.3, -0.25) is 14.0 Å². The van der Waals surface area contributed by atoms with E-state index in [1.54, 1.807) is 24.3 Å². The van der Waals surface area contributed by atoms with Gasteiger partial charge in [-0.1, -0.05) is 6.07 Å². The van der Waals surface area contributed by atoms with Gasteiger partial charge < -0.3 is 14.0 Å². The summed E-state index contributed by atoms with van der Waals surface area (Å²) in [6.07, 6.45) is 1.94. The predicted molar refractivity (Wildman–Crippen MR) is 109 cm³/mol. The van der Waals surface area contributed by atoms with E-state index in [1.165, 1.54) is 6.07 Å². The van der Waals surface area contributed by atoms with Crippen LogP contribution in [0.5, 0.6) is 11.5 Å². The second kappa shape index (κ2) is 5.93. The molecule has 2 aliphatic rings. The van der Waals surface area contributed by atoms with Gasteiger partial charge in [-0.2, -0.15) is 0 Å². The maximum Gasteiger partial charge on any atom is 0.271 e. The Kier molecular flexibility index (Phi) is 3.44. The van der Waals surface area contributed by atoms with Crippen LogP contribution in [0.4, 0.5) is 4.39 Å². The third kappa shape index (κ3) is 2.45. The van der Waals surface area contributed by atoms with Crippen molar-refractivity contribution < 1.29 is 13.9 Å². The molecule has 0 atom stereocenters. The highest BCUT2D eigenvalue weighted by Crippen LogP contribution is 2.41. The van der Waals surface area contributed by atoms with Crippen LogP contribution in [0.15, 0.2) is 39.9 Å². The molecule has 2 aromatic carbocycles. The minimum absolute atomic E-state index is 0.112. The number of hydrogen-bond donors (Lipinski definition) is 1. The Morgan fingerprint density at radius 2 is 1.86 bits per heavy atom. The largest absolute Gasteiger partial charge is 0.486 e. The van der Waals surface area contributed by atoms with E-state index in [4.69, 9.17) is 9.47 Å². The zero-order valence-corrected chi connectivity index (χ0v) is 16.0. The third-order valence-electron chi connectivity index (χ3n) is 5.48. The van der Waals surface area contributed by atoms with Crippen molar-refractivity contribution in [1.82, 2.24) is 8.94 Å². The van der Waals surface area contributed by atoms with E-state index in [0.29, 0.717) is 46.2 Å². The van der Waals surface area contributed by atoms with Crippen molar-refractivity contribution in [2.45, 2.75) is 18.9 Å². The number of nitrogens with one attached hydrogen (secondary N) is 1. The fraction of sp³-hybridized carbons (Fsp3) is 0.238. The van der Waals surface area contributed by atoms with Gasteiger partial charge in [0.15, 0.2) is 11.5 Å². The van der Waals surface area contributed by atoms with Crippen molar-refractivity contribution >= 4 is 32.7 Å². The van der Waals surface area contributed by atoms with Crippen LogP contribution < -0.4 is 20.5 Å². The standard InChI is InChI=1S/C21H15FN2O4S/c22-14-8-13-15(9-12(14)10-1-4-16-17(7-10)28-6-5-27-16)24(11-2-3-11)21-18(19(13)25)20(26)23-29-21/h1,4,7-9,11H,2-3,5-6H2,(H,23,26). The maximum absolute atomic E-state index is 15.1. The van der Waals surface area contributed by atoms with Crippen molar-refractivity contribution in [2.75, 3.05) is 13.2 Å². The number of aromatic nitrogens is 2. The summed E-state index contributed by atoms with van der Waals surface area (Å²) in [6.45, 7) is 0.933. The summed E-state index contributed by atoms with van der Waals surface area (Å²) in [5.74, 6) is 0.696. The molecule has 4 aromatic rings. The molecule has 6 nitrogen and oxygen atoms in total. The van der Waals surface area contributed by atoms with Crippen molar-refractivity contribution in [2.24, 2.45) is 0 Å². The number of rotatable bonds is 2. The molecule has 2 aromatic heterocycles. The SMILES string of the molecule is O=c1[nH]sc2c1c(=O)c1cc(F)c(-c3ccc4c(c3)OCCO4)cc1n2C1CC1. The highest BCUT2D eigenvalue weighted by Gasteiger charge is 2.29. The van der Waals surface area contributed by atoms with Gasteiger partial charge in [0, 0.05) is 17.0 Å². The molecule has 29 heavy (non-hydrogen) atoms. The minimum atomic E-state index is -0.514. The molecule has 146 valence electrons. The lowest BCUT2D eigenvalue weighted by Gasteiger charge is -2.19. The van der Waals surface area contributed by atoms with Gasteiger partial charge >= 0.3 is 0 Å². The Bertz CT molecular complexity index is 1430. The van der Waals surface area contributed by atoms with Crippen LogP contribution in [-0.2, 0) is 0 Å². The average Bonchev–Trinajstić information content (AvgIpc) is 3.50. The van der Waals surface area contributed by atoms with Gasteiger partial charge in [0.05, 0.1) is 5.52 Å². The molecule has 0 unspecified atom stereocenters. The number of nitrogens with zero attached hydrogens (tertiary/aromatic N) is 1. The van der Waals surface area contributed by atoms with Crippen LogP contribution in [0.1, 0.15) is 18.9 Å². The Morgan fingerprint density at radius 1 is 1.07 bits per heavy atom. The van der Waals surface area contributed by atoms with Crippen LogP contribution in [0.2, 0.25) is 0 Å². The molecule has 1 aliphatic heterocycles. The number of fused-ring (bicyclic) bond motifs is 3. The zero-order valence-electron chi connectivity index (χ0n) is 15.2. The summed E-state index contributed by atoms with van der Waals surface area (Å²) in [5.41, 5.74) is 0.826. The number of benzene rings is 2. The van der Waals surface area contributed by atoms with Gasteiger partial charge in [0.1, 0.15) is 29.2 Å². The minimum Gasteiger partial charge on any atom is -0.486 e. The summed E-state index contributed by atoms with van der Waals surface area (Å²) in [7, 11) is 0. The normalized spacial score (nSPS) is 15.9. The van der Waals surface area contributed by atoms with E-state index in [-0.39, 0.29) is 16.8 Å². The van der Waals surface area contributed by atoms with Gasteiger partial charge in [-0.15, -0.1) is 0 Å². The molecular weight excluding hydrogens is 395 g/mol. The fourth-order valence-electron chi connectivity index (χ4n) is 3.98. The first-order chi connectivity index (χ1) is 14.1. The smallest absolute Gasteiger partial charge is 0.271 e. The van der Waals surface area contributed by atoms with Crippen LogP contribution in [-0.4, -0.2) is 22.2 Å². The first-order valence-corrected chi connectivity index (χ1v) is 10.2. The first-order valence-electron chi connectivity index (χ1n) is 9.41. The second-order valence-electron chi connectivity index (χ2n) is 7.35. The summed E-state index contributed by atoms with van der Waals surface area (Å²) in [6, 6.07) is 8.47. The quantitative estimate of drug-likeness (QED) is 0.545. The van der Waals surface area contributed by atoms with Crippen molar-refractivity contribution in [1.29, 1.82) is 0 Å². The van der Waals surface area contributed by atoms with Crippen molar-refractivity contribution in [3.05, 3.63) is 56.7 Å². The number of halogens is 1. The zero-order chi connectivity index (χ0) is 19.7. The Labute approximate surface area is 167 Å². The number of ether oxygens (including phenoxy) is 2. The van der Waals surface area contributed by atoms with E-state index >= 15 is 4.39 Å². The maximum atomic E-state index is 15.1. The molecule has 0 radical (unpaired) electrons. The fourth-order valence-corrected chi connectivity index (χ4v) is 4.90. The topological polar surface area (TPSA) is 73.3 Å². The molecule has 6 rings (SSSR count). The second-order valence-corrected chi connectivity index (χ2v) is 8.15. The van der Waals surface area contributed by atoms with Gasteiger partial charge in [-0.25, -0.2) is 4.39 Å². The average molecular weight is 410 g/mol. The monoisotopic (exact) mass is 410 g/mol. The van der Waals surface area contributed by atoms with Crippen molar-refractivity contribution in [3.63, 3.8) is 0 Å². The molecular formula is C21H15FN2O4S. The van der Waals surface area contributed by atoms with Crippen LogP contribution in [0, 0.1) is 5.82 Å². The molecule has 3 heterocycles. The van der Waals surface area contributed by atoms with E-state index in [9.17, 15) is 9.59 Å². The van der Waals surface area contributed by atoms with Crippen molar-refractivity contribution in [3.8, 4) is 22.6 Å². The number of H-pyrrole nitrogens is 1. The summed E-state index contributed by atoms with van der Waals surface area (Å²) >= 11 is 1.16. The molecule has 0 bridgehead atoms. The number of pyridine rings is 1. The summed E-state index contributed by atoms with van der Waals surface area (Å²) in [5, 5.41) is 0.341. The first kappa shape index (κ1) is 16.8. The highest BCUT2D eigenvalue weighted by atomic mass is 32.1. The Morgan fingerprint density at radius 3 is 2.66 bits per heavy atom. The van der Waals surface area contributed by atoms with Gasteiger partial charge in [0.25, 0.3) is 5.56 Å². The molecule has 0 saturated heterocycles. The molecule has 1 N–H and O–H groups in total. The lowest BCUT2D eigenvalue weighted by atomic mass is 10.0. The summed E-state index contributed by atoms with van der Waals surface area (Å²) < 4.78 is 30.9. The van der Waals surface area contributed by atoms with Crippen LogP contribution in [0.3, 0.4) is 0 Å². The van der Waals surface area contributed by atoms with Crippen LogP contribution in [0.25, 0.3) is 32.2 Å². The van der Waals surface area contributed by atoms with E-state index < -0.39 is 16.8 Å². The van der Waals surface area contributed by atoms with Crippen LogP contribution >= 0.6 is 11.5 Å². The van der Waals surface area contributed by atoms with Gasteiger partial charge in [0.2, 0.25) is 5.43 Å². The number of aromatic amines is 1. The van der Waals surface area contributed by atoms with Gasteiger partial charge in [-0.05, 0) is 54.2 Å². The van der Waals surface area contributed by atoms with E-state index in [2.05, 4.69) is 4.37 Å². The Balaban J connectivity index is 1.66. The predicted octanol–water partition coefficient (Wildman–Crippen LogP) is 3.82. The molecule has 1 aliphatic carbocycles. The lowest BCUT2D eigenvalue weighted by Crippen LogP contribution is -2.16. The van der Waals surface area contributed by atoms with E-state index in [0.717, 1.165) is 24.4 Å². The molecule has 0 spiro atoms. The Hall–Kier alpha value is -3.13. The lowest BCUT2D eigenvalue weighted by molar-refractivity contribution is 0.171. The summed E-state index contributed by atoms with van der Waals surface area (Å²) in [4.78, 5) is 25.7. The number of hydrogen-bond acceptors (Lipinski definition) is 5.